The van der Waals surface area contributed by atoms with Gasteiger partial charge in [-0.3, -0.25) is 4.79 Å². The van der Waals surface area contributed by atoms with Crippen LogP contribution in [0, 0.1) is 19.7 Å². The van der Waals surface area contributed by atoms with Crippen molar-refractivity contribution in [1.82, 2.24) is 15.1 Å². The first kappa shape index (κ1) is 16.0. The lowest BCUT2D eigenvalue weighted by Crippen LogP contribution is -2.27. The zero-order chi connectivity index (χ0) is 17.3. The average molecular weight is 327 g/mol. The van der Waals surface area contributed by atoms with Crippen molar-refractivity contribution in [1.29, 1.82) is 0 Å². The van der Waals surface area contributed by atoms with E-state index in [1.54, 1.807) is 36.1 Å². The van der Waals surface area contributed by atoms with Crippen LogP contribution in [-0.2, 0) is 0 Å². The number of nitrogens with one attached hydrogen (secondary N) is 1. The van der Waals surface area contributed by atoms with Crippen LogP contribution in [0.2, 0.25) is 0 Å². The number of halogens is 1. The van der Waals surface area contributed by atoms with Gasteiger partial charge in [0.05, 0.1) is 34.9 Å². The van der Waals surface area contributed by atoms with E-state index >= 15 is 0 Å². The second-order valence-corrected chi connectivity index (χ2v) is 5.64. The lowest BCUT2D eigenvalue weighted by molar-refractivity contribution is 0.0934. The lowest BCUT2D eigenvalue weighted by atomic mass is 10.1. The summed E-state index contributed by atoms with van der Waals surface area (Å²) < 4.78 is 20.0. The average Bonchev–Trinajstić information content (AvgIpc) is 3.16. The minimum Gasteiger partial charge on any atom is -0.467 e. The predicted molar refractivity (Wildman–Crippen MR) is 87.6 cm³/mol. The maximum Gasteiger partial charge on any atom is 0.255 e. The van der Waals surface area contributed by atoms with Crippen LogP contribution in [0.5, 0.6) is 0 Å². The molecule has 1 atom stereocenters. The van der Waals surface area contributed by atoms with Crippen LogP contribution in [0.3, 0.4) is 0 Å². The molecule has 1 amide bonds. The van der Waals surface area contributed by atoms with Crippen LogP contribution in [0.4, 0.5) is 4.39 Å². The van der Waals surface area contributed by atoms with Crippen LogP contribution >= 0.6 is 0 Å². The minimum absolute atomic E-state index is 0.220. The summed E-state index contributed by atoms with van der Waals surface area (Å²) in [6.07, 6.45) is 1.57. The largest absolute Gasteiger partial charge is 0.467 e. The first-order valence-electron chi connectivity index (χ1n) is 7.64. The summed E-state index contributed by atoms with van der Waals surface area (Å²) in [5.74, 6) is 0.150. The Hall–Kier alpha value is -2.89. The zero-order valence-corrected chi connectivity index (χ0v) is 13.7. The van der Waals surface area contributed by atoms with Crippen LogP contribution in [0.1, 0.15) is 40.5 Å². The van der Waals surface area contributed by atoms with Gasteiger partial charge in [0, 0.05) is 0 Å². The molecule has 0 aliphatic rings. The van der Waals surface area contributed by atoms with E-state index in [1.807, 2.05) is 19.9 Å². The van der Waals surface area contributed by atoms with Crippen molar-refractivity contribution >= 4 is 5.91 Å². The highest BCUT2D eigenvalue weighted by molar-refractivity contribution is 5.96. The molecule has 0 unspecified atom stereocenters. The third-order valence-electron chi connectivity index (χ3n) is 3.91. The summed E-state index contributed by atoms with van der Waals surface area (Å²) in [7, 11) is 0. The number of aromatic nitrogens is 2. The highest BCUT2D eigenvalue weighted by Gasteiger charge is 2.21. The predicted octanol–water partition coefficient (Wildman–Crippen LogP) is 3.71. The van der Waals surface area contributed by atoms with Gasteiger partial charge < -0.3 is 9.73 Å². The Bertz CT molecular complexity index is 851. The van der Waals surface area contributed by atoms with Gasteiger partial charge in [0.15, 0.2) is 0 Å². The summed E-state index contributed by atoms with van der Waals surface area (Å²) in [4.78, 5) is 12.6. The SMILES string of the molecule is Cc1nn(-c2ccc(F)cc2)c(C)c1C(=O)N[C@H](C)c1ccco1. The normalized spacial score (nSPS) is 12.2. The summed E-state index contributed by atoms with van der Waals surface area (Å²) in [6, 6.07) is 9.33. The molecule has 0 aliphatic heterocycles. The van der Waals surface area contributed by atoms with Crippen molar-refractivity contribution in [3.8, 4) is 5.69 Å². The van der Waals surface area contributed by atoms with Crippen LogP contribution in [-0.4, -0.2) is 15.7 Å². The summed E-state index contributed by atoms with van der Waals surface area (Å²) >= 11 is 0. The quantitative estimate of drug-likeness (QED) is 0.794. The number of rotatable bonds is 4. The number of nitrogens with zero attached hydrogens (tertiary/aromatic N) is 2. The first-order chi connectivity index (χ1) is 11.5. The fourth-order valence-electron chi connectivity index (χ4n) is 2.68. The molecule has 1 N–H and O–H groups in total. The van der Waals surface area contributed by atoms with Gasteiger partial charge in [0.25, 0.3) is 5.91 Å². The molecule has 0 fully saturated rings. The third-order valence-corrected chi connectivity index (χ3v) is 3.91. The van der Waals surface area contributed by atoms with Crippen molar-refractivity contribution in [3.05, 3.63) is 71.2 Å². The van der Waals surface area contributed by atoms with Gasteiger partial charge in [-0.15, -0.1) is 0 Å². The molecule has 1 aromatic carbocycles. The first-order valence-corrected chi connectivity index (χ1v) is 7.64. The van der Waals surface area contributed by atoms with Crippen LogP contribution < -0.4 is 5.32 Å². The minimum atomic E-state index is -0.314. The molecule has 2 heterocycles. The monoisotopic (exact) mass is 327 g/mol. The number of carbonyl (C=O) groups excluding carboxylic acids is 1. The third kappa shape index (κ3) is 2.95. The molecule has 0 spiro atoms. The van der Waals surface area contributed by atoms with Crippen molar-refractivity contribution < 1.29 is 13.6 Å². The molecular formula is C18H18FN3O2. The molecule has 3 rings (SSSR count). The van der Waals surface area contributed by atoms with Gasteiger partial charge in [0.2, 0.25) is 0 Å². The Morgan fingerprint density at radius 1 is 1.25 bits per heavy atom. The van der Waals surface area contributed by atoms with E-state index in [9.17, 15) is 9.18 Å². The van der Waals surface area contributed by atoms with Gasteiger partial charge in [-0.2, -0.15) is 5.10 Å². The molecule has 124 valence electrons. The van der Waals surface area contributed by atoms with Crippen LogP contribution in [0.25, 0.3) is 5.69 Å². The van der Waals surface area contributed by atoms with Gasteiger partial charge in [0.1, 0.15) is 11.6 Å². The Labute approximate surface area is 139 Å². The van der Waals surface area contributed by atoms with E-state index in [0.717, 1.165) is 0 Å². The summed E-state index contributed by atoms with van der Waals surface area (Å²) in [5.41, 5.74) is 2.53. The van der Waals surface area contributed by atoms with E-state index in [2.05, 4.69) is 10.4 Å². The standard InChI is InChI=1S/C18H18FN3O2/c1-11(16-5-4-10-24-16)20-18(23)17-12(2)21-22(13(17)3)15-8-6-14(19)7-9-15/h4-11H,1-3H3,(H,20,23)/t11-/m1/s1. The van der Waals surface area contributed by atoms with Gasteiger partial charge >= 0.3 is 0 Å². The van der Waals surface area contributed by atoms with Crippen molar-refractivity contribution in [2.75, 3.05) is 0 Å². The summed E-state index contributed by atoms with van der Waals surface area (Å²) in [5, 5.41) is 7.32. The molecule has 2 aromatic heterocycles. The maximum atomic E-state index is 13.1. The Kier molecular flexibility index (Phi) is 4.20. The number of furan rings is 1. The van der Waals surface area contributed by atoms with E-state index in [4.69, 9.17) is 4.42 Å². The molecule has 6 heteroatoms. The molecule has 5 nitrogen and oxygen atoms in total. The Balaban J connectivity index is 1.88. The molecule has 0 aliphatic carbocycles. The van der Waals surface area contributed by atoms with E-state index < -0.39 is 0 Å². The zero-order valence-electron chi connectivity index (χ0n) is 13.7. The number of benzene rings is 1. The van der Waals surface area contributed by atoms with E-state index in [1.165, 1.54) is 12.1 Å². The second kappa shape index (κ2) is 6.31. The molecule has 24 heavy (non-hydrogen) atoms. The molecule has 3 aromatic rings. The topological polar surface area (TPSA) is 60.1 Å². The van der Waals surface area contributed by atoms with E-state index in [-0.39, 0.29) is 17.8 Å². The summed E-state index contributed by atoms with van der Waals surface area (Å²) in [6.45, 7) is 5.45. The highest BCUT2D eigenvalue weighted by Crippen LogP contribution is 2.20. The molecule has 0 saturated heterocycles. The van der Waals surface area contributed by atoms with Crippen molar-refractivity contribution in [2.24, 2.45) is 0 Å². The second-order valence-electron chi connectivity index (χ2n) is 5.64. The lowest BCUT2D eigenvalue weighted by Gasteiger charge is -2.12. The van der Waals surface area contributed by atoms with Crippen molar-refractivity contribution in [2.45, 2.75) is 26.8 Å². The number of amides is 1. The number of aryl methyl sites for hydroxylation is 1. The highest BCUT2D eigenvalue weighted by atomic mass is 19.1. The smallest absolute Gasteiger partial charge is 0.255 e. The molecule has 0 radical (unpaired) electrons. The Morgan fingerprint density at radius 3 is 2.58 bits per heavy atom. The number of hydrogen-bond donors (Lipinski definition) is 1. The fraction of sp³-hybridized carbons (Fsp3) is 0.222. The molecular weight excluding hydrogens is 309 g/mol. The number of carbonyl (C=O) groups is 1. The maximum absolute atomic E-state index is 13.1. The number of hydrogen-bond acceptors (Lipinski definition) is 3. The van der Waals surface area contributed by atoms with Crippen molar-refractivity contribution in [3.63, 3.8) is 0 Å². The van der Waals surface area contributed by atoms with Gasteiger partial charge in [-0.1, -0.05) is 0 Å². The van der Waals surface area contributed by atoms with Crippen LogP contribution in [0.15, 0.2) is 47.1 Å². The van der Waals surface area contributed by atoms with E-state index in [0.29, 0.717) is 28.4 Å². The molecule has 0 bridgehead atoms. The Morgan fingerprint density at radius 2 is 1.96 bits per heavy atom. The van der Waals surface area contributed by atoms with Gasteiger partial charge in [-0.25, -0.2) is 9.07 Å². The van der Waals surface area contributed by atoms with Gasteiger partial charge in [-0.05, 0) is 57.2 Å². The fourth-order valence-corrected chi connectivity index (χ4v) is 2.68. The molecule has 0 saturated carbocycles.